The second-order valence-electron chi connectivity index (χ2n) is 4.89. The van der Waals surface area contributed by atoms with E-state index >= 15 is 0 Å². The quantitative estimate of drug-likeness (QED) is 0.749. The van der Waals surface area contributed by atoms with Crippen molar-refractivity contribution >= 4 is 12.0 Å². The molecule has 0 aromatic carbocycles. The number of aliphatic carboxylic acids is 1. The summed E-state index contributed by atoms with van der Waals surface area (Å²) in [6.45, 7) is 4.03. The first kappa shape index (κ1) is 14.1. The van der Waals surface area contributed by atoms with E-state index in [1.165, 1.54) is 0 Å². The van der Waals surface area contributed by atoms with E-state index in [1.54, 1.807) is 4.90 Å². The van der Waals surface area contributed by atoms with Crippen LogP contribution in [0.2, 0.25) is 0 Å². The fourth-order valence-corrected chi connectivity index (χ4v) is 2.34. The maximum absolute atomic E-state index is 12.1. The topological polar surface area (TPSA) is 88.1 Å². The van der Waals surface area contributed by atoms with E-state index in [1.807, 2.05) is 6.92 Å². The summed E-state index contributed by atoms with van der Waals surface area (Å²) in [5.41, 5.74) is 0. The number of ether oxygens (including phenoxy) is 2. The van der Waals surface area contributed by atoms with Gasteiger partial charge in [-0.2, -0.15) is 0 Å². The summed E-state index contributed by atoms with van der Waals surface area (Å²) in [5, 5.41) is 11.8. The molecule has 0 aliphatic carbocycles. The van der Waals surface area contributed by atoms with Crippen LogP contribution >= 0.6 is 0 Å². The average molecular weight is 272 g/mol. The molecular weight excluding hydrogens is 252 g/mol. The Balaban J connectivity index is 1.88. The van der Waals surface area contributed by atoms with Crippen molar-refractivity contribution in [3.05, 3.63) is 0 Å². The zero-order valence-corrected chi connectivity index (χ0v) is 11.0. The maximum atomic E-state index is 12.1. The predicted molar refractivity (Wildman–Crippen MR) is 65.9 cm³/mol. The number of urea groups is 1. The van der Waals surface area contributed by atoms with Gasteiger partial charge in [-0.15, -0.1) is 0 Å². The first-order valence-corrected chi connectivity index (χ1v) is 6.59. The monoisotopic (exact) mass is 272 g/mol. The summed E-state index contributed by atoms with van der Waals surface area (Å²) < 4.78 is 10.6. The van der Waals surface area contributed by atoms with Crippen LogP contribution in [0.15, 0.2) is 0 Å². The van der Waals surface area contributed by atoms with Gasteiger partial charge in [-0.3, -0.25) is 4.79 Å². The second kappa shape index (κ2) is 6.21. The van der Waals surface area contributed by atoms with Crippen LogP contribution in [0.5, 0.6) is 0 Å². The summed E-state index contributed by atoms with van der Waals surface area (Å²) in [5.74, 6) is -1.59. The van der Waals surface area contributed by atoms with Gasteiger partial charge in [-0.05, 0) is 6.42 Å². The van der Waals surface area contributed by atoms with E-state index in [0.29, 0.717) is 19.7 Å². The minimum atomic E-state index is -0.934. The molecule has 2 amide bonds. The molecule has 0 radical (unpaired) electrons. The van der Waals surface area contributed by atoms with Crippen molar-refractivity contribution in [2.45, 2.75) is 25.5 Å². The van der Waals surface area contributed by atoms with Gasteiger partial charge in [0.15, 0.2) is 0 Å². The molecule has 0 spiro atoms. The molecule has 2 aliphatic rings. The standard InChI is InChI=1S/C12H20N2O5/c1-2-8-5-14(3-4-19-8)12(17)13-10-7-18-6-9(10)11(15)16/h8-10H,2-7H2,1H3,(H,13,17)(H,15,16). The van der Waals surface area contributed by atoms with Crippen LogP contribution in [0.1, 0.15) is 13.3 Å². The van der Waals surface area contributed by atoms with Gasteiger partial charge in [0.1, 0.15) is 5.92 Å². The molecule has 0 aromatic rings. The molecule has 2 aliphatic heterocycles. The SMILES string of the molecule is CCC1CN(C(=O)NC2COCC2C(=O)O)CCO1. The number of carbonyl (C=O) groups is 2. The lowest BCUT2D eigenvalue weighted by Crippen LogP contribution is -2.53. The fourth-order valence-electron chi connectivity index (χ4n) is 2.34. The second-order valence-corrected chi connectivity index (χ2v) is 4.89. The maximum Gasteiger partial charge on any atom is 0.317 e. The molecule has 19 heavy (non-hydrogen) atoms. The van der Waals surface area contributed by atoms with Crippen LogP contribution in [-0.2, 0) is 14.3 Å². The molecule has 2 fully saturated rings. The highest BCUT2D eigenvalue weighted by Crippen LogP contribution is 2.15. The molecule has 0 bridgehead atoms. The van der Waals surface area contributed by atoms with Gasteiger partial charge < -0.3 is 24.8 Å². The number of morpholine rings is 1. The smallest absolute Gasteiger partial charge is 0.317 e. The van der Waals surface area contributed by atoms with Crippen molar-refractivity contribution in [3.63, 3.8) is 0 Å². The van der Waals surface area contributed by atoms with Crippen molar-refractivity contribution in [2.75, 3.05) is 32.9 Å². The lowest BCUT2D eigenvalue weighted by Gasteiger charge is -2.33. The number of carboxylic acids is 1. The zero-order valence-electron chi connectivity index (χ0n) is 11.0. The molecule has 2 rings (SSSR count). The van der Waals surface area contributed by atoms with Gasteiger partial charge >= 0.3 is 12.0 Å². The van der Waals surface area contributed by atoms with E-state index in [2.05, 4.69) is 5.32 Å². The van der Waals surface area contributed by atoms with Gasteiger partial charge in [0.05, 0.1) is 32.0 Å². The van der Waals surface area contributed by atoms with E-state index < -0.39 is 17.9 Å². The minimum Gasteiger partial charge on any atom is -0.481 e. The van der Waals surface area contributed by atoms with Gasteiger partial charge in [-0.25, -0.2) is 4.79 Å². The molecule has 7 nitrogen and oxygen atoms in total. The number of hydrogen-bond acceptors (Lipinski definition) is 4. The summed E-state index contributed by atoms with van der Waals surface area (Å²) in [6, 6.07) is -0.684. The van der Waals surface area contributed by atoms with Crippen molar-refractivity contribution in [2.24, 2.45) is 5.92 Å². The number of hydrogen-bond donors (Lipinski definition) is 2. The van der Waals surface area contributed by atoms with Crippen LogP contribution in [-0.4, -0.2) is 67.1 Å². The van der Waals surface area contributed by atoms with Crippen molar-refractivity contribution in [1.29, 1.82) is 0 Å². The van der Waals surface area contributed by atoms with Gasteiger partial charge in [0.2, 0.25) is 0 Å². The highest BCUT2D eigenvalue weighted by molar-refractivity contribution is 5.77. The molecule has 0 saturated carbocycles. The Morgan fingerprint density at radius 2 is 2.21 bits per heavy atom. The van der Waals surface area contributed by atoms with E-state index in [9.17, 15) is 9.59 Å². The zero-order chi connectivity index (χ0) is 13.8. The van der Waals surface area contributed by atoms with Gasteiger partial charge in [-0.1, -0.05) is 6.92 Å². The van der Waals surface area contributed by atoms with Crippen LogP contribution in [0.3, 0.4) is 0 Å². The largest absolute Gasteiger partial charge is 0.481 e. The molecule has 2 N–H and O–H groups in total. The molecule has 3 atom stereocenters. The summed E-state index contributed by atoms with van der Waals surface area (Å²) >= 11 is 0. The first-order chi connectivity index (χ1) is 9.11. The lowest BCUT2D eigenvalue weighted by atomic mass is 10.0. The van der Waals surface area contributed by atoms with Crippen LogP contribution < -0.4 is 5.32 Å². The Morgan fingerprint density at radius 1 is 1.42 bits per heavy atom. The number of nitrogens with zero attached hydrogens (tertiary/aromatic N) is 1. The number of amides is 2. The highest BCUT2D eigenvalue weighted by atomic mass is 16.5. The van der Waals surface area contributed by atoms with Crippen molar-refractivity contribution < 1.29 is 24.2 Å². The summed E-state index contributed by atoms with van der Waals surface area (Å²) in [6.07, 6.45) is 0.920. The van der Waals surface area contributed by atoms with E-state index in [0.717, 1.165) is 6.42 Å². The van der Waals surface area contributed by atoms with Gasteiger partial charge in [0.25, 0.3) is 0 Å². The molecule has 2 saturated heterocycles. The highest BCUT2D eigenvalue weighted by Gasteiger charge is 2.36. The molecule has 7 heteroatoms. The van der Waals surface area contributed by atoms with Crippen LogP contribution in [0, 0.1) is 5.92 Å². The van der Waals surface area contributed by atoms with Crippen LogP contribution in [0.4, 0.5) is 4.79 Å². The molecule has 0 aromatic heterocycles. The third-order valence-electron chi connectivity index (χ3n) is 3.59. The van der Waals surface area contributed by atoms with Gasteiger partial charge in [0, 0.05) is 13.1 Å². The summed E-state index contributed by atoms with van der Waals surface area (Å²) in [4.78, 5) is 24.8. The third-order valence-corrected chi connectivity index (χ3v) is 3.59. The van der Waals surface area contributed by atoms with E-state index in [4.69, 9.17) is 14.6 Å². The third kappa shape index (κ3) is 3.36. The van der Waals surface area contributed by atoms with Crippen molar-refractivity contribution in [1.82, 2.24) is 10.2 Å². The average Bonchev–Trinajstić information content (AvgIpc) is 2.87. The number of rotatable bonds is 3. The molecular formula is C12H20N2O5. The first-order valence-electron chi connectivity index (χ1n) is 6.59. The van der Waals surface area contributed by atoms with Crippen molar-refractivity contribution in [3.8, 4) is 0 Å². The Kier molecular flexibility index (Phi) is 4.60. The molecule has 3 unspecified atom stereocenters. The Bertz CT molecular complexity index is 349. The Morgan fingerprint density at radius 3 is 2.89 bits per heavy atom. The van der Waals surface area contributed by atoms with Crippen LogP contribution in [0.25, 0.3) is 0 Å². The summed E-state index contributed by atoms with van der Waals surface area (Å²) in [7, 11) is 0. The lowest BCUT2D eigenvalue weighted by molar-refractivity contribution is -0.142. The Labute approximate surface area is 111 Å². The minimum absolute atomic E-state index is 0.0644. The fraction of sp³-hybridized carbons (Fsp3) is 0.833. The number of nitrogens with one attached hydrogen (secondary N) is 1. The number of carbonyl (C=O) groups excluding carboxylic acids is 1. The van der Waals surface area contributed by atoms with E-state index in [-0.39, 0.29) is 25.3 Å². The normalized spacial score (nSPS) is 31.2. The molecule has 108 valence electrons. The number of carboxylic acid groups (broad SMARTS) is 1. The Hall–Kier alpha value is -1.34. The predicted octanol–water partition coefficient (Wildman–Crippen LogP) is -0.0936. The molecule has 2 heterocycles.